The summed E-state index contributed by atoms with van der Waals surface area (Å²) < 4.78 is 28.0. The Balaban J connectivity index is 0.922. The van der Waals surface area contributed by atoms with Gasteiger partial charge in [0.25, 0.3) is 0 Å². The maximum atomic E-state index is 6.53. The molecular weight excluding hydrogens is 829 g/mol. The maximum absolute atomic E-state index is 6.53. The van der Waals surface area contributed by atoms with Crippen LogP contribution in [0.5, 0.6) is 46.0 Å². The Morgan fingerprint density at radius 1 is 0.269 bits per heavy atom. The molecule has 0 unspecified atom stereocenters. The fourth-order valence-corrected chi connectivity index (χ4v) is 9.39. The Bertz CT molecular complexity index is 3750. The van der Waals surface area contributed by atoms with Crippen LogP contribution in [0.25, 0.3) is 94.3 Å². The summed E-state index contributed by atoms with van der Waals surface area (Å²) in [4.78, 5) is 15.4. The number of hydrogen-bond donors (Lipinski definition) is 0. The van der Waals surface area contributed by atoms with E-state index >= 15 is 0 Å². The minimum atomic E-state index is 0.518. The Hall–Kier alpha value is -9.27. The van der Waals surface area contributed by atoms with Crippen molar-refractivity contribution in [1.82, 2.24) is 19.5 Å². The molecule has 2 aromatic heterocycles. The van der Waals surface area contributed by atoms with E-state index in [4.69, 9.17) is 33.9 Å². The van der Waals surface area contributed by atoms with Crippen LogP contribution in [0.2, 0.25) is 0 Å². The van der Waals surface area contributed by atoms with Crippen molar-refractivity contribution in [3.63, 3.8) is 0 Å². The second kappa shape index (κ2) is 14.6. The summed E-state index contributed by atoms with van der Waals surface area (Å²) in [6.07, 6.45) is 0. The fourth-order valence-electron chi connectivity index (χ4n) is 9.39. The predicted molar refractivity (Wildman–Crippen MR) is 264 cm³/mol. The van der Waals surface area contributed by atoms with Crippen molar-refractivity contribution >= 4 is 43.4 Å². The molecule has 0 atom stereocenters. The molecule has 0 saturated carbocycles. The summed E-state index contributed by atoms with van der Waals surface area (Å²) in [6.45, 7) is 0. The lowest BCUT2D eigenvalue weighted by Crippen LogP contribution is -2.06. The third-order valence-corrected chi connectivity index (χ3v) is 12.7. The van der Waals surface area contributed by atoms with E-state index in [1.807, 2.05) is 121 Å². The number of benzene rings is 10. The van der Waals surface area contributed by atoms with Crippen molar-refractivity contribution in [2.75, 3.05) is 0 Å². The number of ether oxygens (including phenoxy) is 4. The molecule has 8 heteroatoms. The van der Waals surface area contributed by atoms with Crippen LogP contribution in [0.4, 0.5) is 0 Å². The van der Waals surface area contributed by atoms with Crippen LogP contribution in [0.3, 0.4) is 0 Å². The molecule has 2 aliphatic heterocycles. The molecule has 0 N–H and O–H groups in total. The Morgan fingerprint density at radius 3 is 1.03 bits per heavy atom. The SMILES string of the molecule is c1ccc(-c2nc(-c3ccccc3)nc(-n3c4ccc(-c5ccc6c(c5)Oc5cc7ccccc7cc5O6)cc4c4cc(-c5ccc6c(c5)Oc5cc7ccccc7cc5O6)ccc43)n2)cc1. The van der Waals surface area contributed by atoms with E-state index in [1.54, 1.807) is 0 Å². The van der Waals surface area contributed by atoms with Crippen molar-refractivity contribution in [3.8, 4) is 97.0 Å². The molecule has 4 heterocycles. The summed E-state index contributed by atoms with van der Waals surface area (Å²) in [7, 11) is 0. The van der Waals surface area contributed by atoms with Crippen molar-refractivity contribution in [2.45, 2.75) is 0 Å². The number of rotatable bonds is 5. The van der Waals surface area contributed by atoms with Crippen LogP contribution in [-0.2, 0) is 0 Å². The molecule has 14 rings (SSSR count). The van der Waals surface area contributed by atoms with Crippen LogP contribution in [0.1, 0.15) is 0 Å². The number of nitrogens with zero attached hydrogens (tertiary/aromatic N) is 4. The predicted octanol–water partition coefficient (Wildman–Crippen LogP) is 15.7. The van der Waals surface area contributed by atoms with Gasteiger partial charge in [-0.05, 0) is 117 Å². The van der Waals surface area contributed by atoms with E-state index in [0.29, 0.717) is 63.6 Å². The van der Waals surface area contributed by atoms with E-state index in [0.717, 1.165) is 76.7 Å². The molecule has 0 saturated heterocycles. The van der Waals surface area contributed by atoms with Crippen molar-refractivity contribution in [3.05, 3.63) is 206 Å². The fraction of sp³-hybridized carbons (Fsp3) is 0. The zero-order valence-electron chi connectivity index (χ0n) is 35.6. The van der Waals surface area contributed by atoms with E-state index in [-0.39, 0.29) is 0 Å². The number of fused-ring (bicyclic) bond motifs is 9. The van der Waals surface area contributed by atoms with Gasteiger partial charge in [0.15, 0.2) is 57.6 Å². The largest absolute Gasteiger partial charge is 0.449 e. The molecule has 0 fully saturated rings. The lowest BCUT2D eigenvalue weighted by atomic mass is 9.99. The first-order valence-corrected chi connectivity index (χ1v) is 22.1. The Morgan fingerprint density at radius 2 is 0.612 bits per heavy atom. The third kappa shape index (κ3) is 6.26. The molecule has 12 aromatic rings. The highest BCUT2D eigenvalue weighted by Gasteiger charge is 2.24. The summed E-state index contributed by atoms with van der Waals surface area (Å²) in [6, 6.07) is 70.0. The average molecular weight is 863 g/mol. The maximum Gasteiger partial charge on any atom is 0.238 e. The first-order valence-electron chi connectivity index (χ1n) is 22.1. The normalized spacial score (nSPS) is 12.4. The quantitative estimate of drug-likeness (QED) is 0.170. The summed E-state index contributed by atoms with van der Waals surface area (Å²) in [5, 5.41) is 6.43. The van der Waals surface area contributed by atoms with Gasteiger partial charge in [0, 0.05) is 21.9 Å². The molecule has 8 nitrogen and oxygen atoms in total. The van der Waals surface area contributed by atoms with E-state index in [2.05, 4.69) is 89.5 Å². The van der Waals surface area contributed by atoms with Crippen LogP contribution in [0, 0.1) is 0 Å². The van der Waals surface area contributed by atoms with Crippen molar-refractivity contribution in [2.24, 2.45) is 0 Å². The van der Waals surface area contributed by atoms with Crippen LogP contribution in [0.15, 0.2) is 206 Å². The summed E-state index contributed by atoms with van der Waals surface area (Å²) in [5.74, 6) is 7.12. The second-order valence-corrected chi connectivity index (χ2v) is 16.8. The molecule has 0 radical (unpaired) electrons. The van der Waals surface area contributed by atoms with Crippen LogP contribution < -0.4 is 18.9 Å². The molecule has 67 heavy (non-hydrogen) atoms. The highest BCUT2D eigenvalue weighted by atomic mass is 16.6. The Kier molecular flexibility index (Phi) is 8.11. The van der Waals surface area contributed by atoms with Crippen molar-refractivity contribution < 1.29 is 18.9 Å². The zero-order valence-corrected chi connectivity index (χ0v) is 35.6. The standard InChI is InChI=1S/C59H34N4O4/c1-3-11-35(12-4-1)57-60-58(36-13-5-2-6-14-36)62-59(61-57)63-47-23-19-41(43-21-25-49-51(33-43)66-55-31-39-17-9-7-15-37(39)29-53(55)64-49)27-45(47)46-28-42(20-24-48(46)63)44-22-26-50-52(34-44)67-56-32-40-18-10-8-16-38(40)30-54(56)65-50/h1-34H. The lowest BCUT2D eigenvalue weighted by Gasteiger charge is -2.22. The third-order valence-electron chi connectivity index (χ3n) is 12.7. The van der Waals surface area contributed by atoms with Gasteiger partial charge in [0.2, 0.25) is 5.95 Å². The molecular formula is C59H34N4O4. The number of hydrogen-bond acceptors (Lipinski definition) is 7. The molecule has 314 valence electrons. The zero-order chi connectivity index (χ0) is 44.0. The minimum Gasteiger partial charge on any atom is -0.449 e. The molecule has 2 aliphatic rings. The van der Waals surface area contributed by atoms with Gasteiger partial charge in [-0.2, -0.15) is 9.97 Å². The smallest absolute Gasteiger partial charge is 0.238 e. The Labute approximate surface area is 383 Å². The van der Waals surface area contributed by atoms with E-state index < -0.39 is 0 Å². The second-order valence-electron chi connectivity index (χ2n) is 16.8. The summed E-state index contributed by atoms with van der Waals surface area (Å²) >= 11 is 0. The van der Waals surface area contributed by atoms with Gasteiger partial charge in [0.1, 0.15) is 0 Å². The van der Waals surface area contributed by atoms with Gasteiger partial charge in [-0.3, -0.25) is 4.57 Å². The molecule has 0 amide bonds. The number of aromatic nitrogens is 4. The minimum absolute atomic E-state index is 0.518. The molecule has 10 aromatic carbocycles. The molecule has 0 spiro atoms. The van der Waals surface area contributed by atoms with E-state index in [1.165, 1.54) is 0 Å². The first kappa shape index (κ1) is 37.1. The highest BCUT2D eigenvalue weighted by molar-refractivity contribution is 6.11. The van der Waals surface area contributed by atoms with Gasteiger partial charge in [-0.15, -0.1) is 0 Å². The van der Waals surface area contributed by atoms with Crippen LogP contribution >= 0.6 is 0 Å². The highest BCUT2D eigenvalue weighted by Crippen LogP contribution is 2.50. The van der Waals surface area contributed by atoms with Crippen LogP contribution in [-0.4, -0.2) is 19.5 Å². The van der Waals surface area contributed by atoms with Gasteiger partial charge in [-0.25, -0.2) is 4.98 Å². The van der Waals surface area contributed by atoms with Gasteiger partial charge in [-0.1, -0.05) is 133 Å². The molecule has 0 bridgehead atoms. The first-order chi connectivity index (χ1) is 33.1. The molecule has 0 aliphatic carbocycles. The topological polar surface area (TPSA) is 80.5 Å². The average Bonchev–Trinajstić information content (AvgIpc) is 3.71. The van der Waals surface area contributed by atoms with Crippen molar-refractivity contribution in [1.29, 1.82) is 0 Å². The lowest BCUT2D eigenvalue weighted by molar-refractivity contribution is 0.360. The monoisotopic (exact) mass is 862 g/mol. The summed E-state index contributed by atoms with van der Waals surface area (Å²) in [5.41, 5.74) is 7.71. The van der Waals surface area contributed by atoms with Gasteiger partial charge >= 0.3 is 0 Å². The van der Waals surface area contributed by atoms with Gasteiger partial charge in [0.05, 0.1) is 11.0 Å². The van der Waals surface area contributed by atoms with E-state index in [9.17, 15) is 0 Å². The van der Waals surface area contributed by atoms with Gasteiger partial charge < -0.3 is 18.9 Å².